The molecule has 134 valence electrons. The zero-order chi connectivity index (χ0) is 18.6. The average molecular weight is 348 g/mol. The number of ether oxygens (including phenoxy) is 1. The van der Waals surface area contributed by atoms with Crippen LogP contribution in [0.15, 0.2) is 53.5 Å². The predicted octanol–water partition coefficient (Wildman–Crippen LogP) is 4.62. The van der Waals surface area contributed by atoms with Crippen LogP contribution in [0, 0.1) is 5.41 Å². The number of anilines is 1. The van der Waals surface area contributed by atoms with Crippen LogP contribution in [-0.4, -0.2) is 25.0 Å². The number of benzene rings is 2. The van der Waals surface area contributed by atoms with E-state index in [-0.39, 0.29) is 5.91 Å². The summed E-state index contributed by atoms with van der Waals surface area (Å²) in [5, 5.41) is 3.03. The lowest BCUT2D eigenvalue weighted by Gasteiger charge is -2.20. The number of aliphatic imine (C=N–C) groups is 1. The number of hydrogen-bond acceptors (Lipinski definition) is 3. The van der Waals surface area contributed by atoms with Crippen LogP contribution < -0.4 is 5.32 Å². The Morgan fingerprint density at radius 2 is 1.85 bits per heavy atom. The van der Waals surface area contributed by atoms with E-state index in [1.165, 1.54) is 0 Å². The molecule has 4 heteroatoms. The Bertz CT molecular complexity index is 846. The van der Waals surface area contributed by atoms with Gasteiger partial charge in [-0.1, -0.05) is 75.4 Å². The second kappa shape index (κ2) is 7.56. The van der Waals surface area contributed by atoms with Crippen molar-refractivity contribution in [3.63, 3.8) is 0 Å². The molecule has 0 aromatic heterocycles. The molecule has 3 rings (SSSR count). The van der Waals surface area contributed by atoms with E-state index < -0.39 is 5.41 Å². The molecule has 0 atom stereocenters. The van der Waals surface area contributed by atoms with Gasteiger partial charge in [0, 0.05) is 5.41 Å². The number of carbonyl (C=O) groups excluding carboxylic acids is 1. The van der Waals surface area contributed by atoms with E-state index in [1.54, 1.807) is 0 Å². The molecule has 0 saturated carbocycles. The Morgan fingerprint density at radius 1 is 1.08 bits per heavy atom. The SMILES string of the molecule is CC(C)(C)C(=O)Nc1cccc(/C=C/c2ccccc2)c1C1=NCCO1. The average Bonchev–Trinajstić information content (AvgIpc) is 3.14. The number of carbonyl (C=O) groups is 1. The van der Waals surface area contributed by atoms with Crippen LogP contribution in [0.4, 0.5) is 5.69 Å². The second-order valence-electron chi connectivity index (χ2n) is 7.25. The third-order valence-electron chi connectivity index (χ3n) is 4.08. The van der Waals surface area contributed by atoms with E-state index in [4.69, 9.17) is 4.74 Å². The summed E-state index contributed by atoms with van der Waals surface area (Å²) in [5.74, 6) is 0.545. The van der Waals surface area contributed by atoms with Crippen LogP contribution in [0.2, 0.25) is 0 Å². The highest BCUT2D eigenvalue weighted by Gasteiger charge is 2.24. The van der Waals surface area contributed by atoms with Crippen molar-refractivity contribution in [3.05, 3.63) is 65.2 Å². The van der Waals surface area contributed by atoms with Crippen molar-refractivity contribution in [2.24, 2.45) is 10.4 Å². The first kappa shape index (κ1) is 17.9. The van der Waals surface area contributed by atoms with Gasteiger partial charge in [-0.2, -0.15) is 0 Å². The third kappa shape index (κ3) is 4.20. The molecular formula is C22H24N2O2. The Morgan fingerprint density at radius 3 is 2.50 bits per heavy atom. The molecule has 0 radical (unpaired) electrons. The van der Waals surface area contributed by atoms with Crippen LogP contribution in [-0.2, 0) is 9.53 Å². The smallest absolute Gasteiger partial charge is 0.229 e. The fourth-order valence-electron chi connectivity index (χ4n) is 2.60. The zero-order valence-corrected chi connectivity index (χ0v) is 15.5. The highest BCUT2D eigenvalue weighted by atomic mass is 16.5. The van der Waals surface area contributed by atoms with Crippen molar-refractivity contribution in [1.29, 1.82) is 0 Å². The fourth-order valence-corrected chi connectivity index (χ4v) is 2.60. The number of nitrogens with zero attached hydrogens (tertiary/aromatic N) is 1. The first-order valence-corrected chi connectivity index (χ1v) is 8.80. The van der Waals surface area contributed by atoms with Crippen molar-refractivity contribution in [2.45, 2.75) is 20.8 Å². The molecule has 0 spiro atoms. The molecule has 2 aromatic carbocycles. The highest BCUT2D eigenvalue weighted by Crippen LogP contribution is 2.27. The van der Waals surface area contributed by atoms with Crippen molar-refractivity contribution in [2.75, 3.05) is 18.5 Å². The van der Waals surface area contributed by atoms with Gasteiger partial charge < -0.3 is 10.1 Å². The van der Waals surface area contributed by atoms with Gasteiger partial charge in [0.05, 0.1) is 17.8 Å². The van der Waals surface area contributed by atoms with Gasteiger partial charge in [0.25, 0.3) is 0 Å². The van der Waals surface area contributed by atoms with Gasteiger partial charge in [-0.25, -0.2) is 4.99 Å². The second-order valence-corrected chi connectivity index (χ2v) is 7.25. The lowest BCUT2D eigenvalue weighted by atomic mass is 9.95. The van der Waals surface area contributed by atoms with Crippen molar-refractivity contribution >= 4 is 29.6 Å². The van der Waals surface area contributed by atoms with E-state index in [2.05, 4.69) is 10.3 Å². The molecule has 1 amide bonds. The summed E-state index contributed by atoms with van der Waals surface area (Å²) in [7, 11) is 0. The first-order chi connectivity index (χ1) is 12.4. The third-order valence-corrected chi connectivity index (χ3v) is 4.08. The standard InChI is InChI=1S/C22H24N2O2/c1-22(2,3)21(25)24-18-11-7-10-17(19(18)20-23-14-15-26-20)13-12-16-8-5-4-6-9-16/h4-13H,14-15H2,1-3H3,(H,24,25)/b13-12+. The van der Waals surface area contributed by atoms with Gasteiger partial charge in [0.2, 0.25) is 11.8 Å². The Kier molecular flexibility index (Phi) is 5.21. The molecule has 0 aliphatic carbocycles. The molecule has 4 nitrogen and oxygen atoms in total. The molecule has 0 fully saturated rings. The molecule has 1 aliphatic rings. The molecule has 0 saturated heterocycles. The summed E-state index contributed by atoms with van der Waals surface area (Å²) in [6.07, 6.45) is 4.07. The van der Waals surface area contributed by atoms with Crippen LogP contribution in [0.1, 0.15) is 37.5 Å². The number of rotatable bonds is 4. The van der Waals surface area contributed by atoms with Crippen molar-refractivity contribution in [3.8, 4) is 0 Å². The molecule has 1 aliphatic heterocycles. The number of hydrogen-bond donors (Lipinski definition) is 1. The minimum Gasteiger partial charge on any atom is -0.475 e. The van der Waals surface area contributed by atoms with E-state index in [9.17, 15) is 4.79 Å². The van der Waals surface area contributed by atoms with E-state index in [1.807, 2.05) is 81.5 Å². The number of nitrogens with one attached hydrogen (secondary N) is 1. The number of amides is 1. The fraction of sp³-hybridized carbons (Fsp3) is 0.273. The largest absolute Gasteiger partial charge is 0.475 e. The van der Waals surface area contributed by atoms with Crippen LogP contribution in [0.3, 0.4) is 0 Å². The summed E-state index contributed by atoms with van der Waals surface area (Å²) < 4.78 is 5.70. The molecule has 1 N–H and O–H groups in total. The maximum absolute atomic E-state index is 12.5. The van der Waals surface area contributed by atoms with E-state index in [0.29, 0.717) is 19.0 Å². The summed E-state index contributed by atoms with van der Waals surface area (Å²) in [5.41, 5.74) is 3.14. The Hall–Kier alpha value is -2.88. The summed E-state index contributed by atoms with van der Waals surface area (Å²) in [6.45, 7) is 6.89. The predicted molar refractivity (Wildman–Crippen MR) is 107 cm³/mol. The topological polar surface area (TPSA) is 50.7 Å². The van der Waals surface area contributed by atoms with Gasteiger partial charge >= 0.3 is 0 Å². The zero-order valence-electron chi connectivity index (χ0n) is 15.5. The molecule has 0 bridgehead atoms. The molecule has 2 aromatic rings. The normalized spacial score (nSPS) is 14.2. The van der Waals surface area contributed by atoms with Crippen molar-refractivity contribution in [1.82, 2.24) is 0 Å². The van der Waals surface area contributed by atoms with Crippen LogP contribution in [0.25, 0.3) is 12.2 Å². The van der Waals surface area contributed by atoms with E-state index >= 15 is 0 Å². The minimum atomic E-state index is -0.481. The molecule has 1 heterocycles. The van der Waals surface area contributed by atoms with Gasteiger partial charge in [-0.05, 0) is 17.2 Å². The molecular weight excluding hydrogens is 324 g/mol. The quantitative estimate of drug-likeness (QED) is 0.820. The summed E-state index contributed by atoms with van der Waals surface area (Å²) in [4.78, 5) is 16.9. The lowest BCUT2D eigenvalue weighted by molar-refractivity contribution is -0.123. The molecule has 0 unspecified atom stereocenters. The molecule has 26 heavy (non-hydrogen) atoms. The van der Waals surface area contributed by atoms with Gasteiger partial charge in [-0.3, -0.25) is 4.79 Å². The maximum atomic E-state index is 12.5. The first-order valence-electron chi connectivity index (χ1n) is 8.80. The minimum absolute atomic E-state index is 0.0402. The summed E-state index contributed by atoms with van der Waals surface area (Å²) in [6, 6.07) is 15.9. The Balaban J connectivity index is 2.00. The van der Waals surface area contributed by atoms with Crippen LogP contribution >= 0.6 is 0 Å². The maximum Gasteiger partial charge on any atom is 0.229 e. The monoisotopic (exact) mass is 348 g/mol. The van der Waals surface area contributed by atoms with Crippen molar-refractivity contribution < 1.29 is 9.53 Å². The van der Waals surface area contributed by atoms with Gasteiger partial charge in [-0.15, -0.1) is 0 Å². The Labute approximate surface area is 154 Å². The van der Waals surface area contributed by atoms with E-state index in [0.717, 1.165) is 22.4 Å². The van der Waals surface area contributed by atoms with Gasteiger partial charge in [0.1, 0.15) is 6.61 Å². The van der Waals surface area contributed by atoms with Crippen LogP contribution in [0.5, 0.6) is 0 Å². The summed E-state index contributed by atoms with van der Waals surface area (Å²) >= 11 is 0. The van der Waals surface area contributed by atoms with Gasteiger partial charge in [0.15, 0.2) is 0 Å². The highest BCUT2D eigenvalue weighted by molar-refractivity contribution is 6.08. The lowest BCUT2D eigenvalue weighted by Crippen LogP contribution is -2.28.